The third-order valence-electron chi connectivity index (χ3n) is 1.92. The van der Waals surface area contributed by atoms with E-state index in [9.17, 15) is 0 Å². The molecule has 1 heterocycles. The number of thiol groups is 1. The molecular formula is C10H9IOS2. The highest BCUT2D eigenvalue weighted by Crippen LogP contribution is 2.37. The predicted molar refractivity (Wildman–Crippen MR) is 73.0 cm³/mol. The van der Waals surface area contributed by atoms with Crippen LogP contribution < -0.4 is 4.74 Å². The van der Waals surface area contributed by atoms with Crippen molar-refractivity contribution >= 4 is 56.6 Å². The lowest BCUT2D eigenvalue weighted by molar-refractivity contribution is 0.343. The molecule has 74 valence electrons. The van der Waals surface area contributed by atoms with Crippen LogP contribution in [-0.4, -0.2) is 6.61 Å². The van der Waals surface area contributed by atoms with Crippen LogP contribution in [-0.2, 0) is 0 Å². The minimum atomic E-state index is 0.693. The molecule has 0 unspecified atom stereocenters. The number of benzene rings is 1. The Balaban J connectivity index is 2.71. The van der Waals surface area contributed by atoms with Crippen molar-refractivity contribution in [2.75, 3.05) is 6.61 Å². The van der Waals surface area contributed by atoms with Gasteiger partial charge in [0.2, 0.25) is 0 Å². The first kappa shape index (κ1) is 10.6. The summed E-state index contributed by atoms with van der Waals surface area (Å²) >= 11 is 8.49. The van der Waals surface area contributed by atoms with Crippen LogP contribution in [0.3, 0.4) is 0 Å². The molecule has 2 aromatic rings. The van der Waals surface area contributed by atoms with Gasteiger partial charge in [0.05, 0.1) is 11.3 Å². The summed E-state index contributed by atoms with van der Waals surface area (Å²) in [4.78, 5) is 0.990. The highest BCUT2D eigenvalue weighted by Gasteiger charge is 2.09. The van der Waals surface area contributed by atoms with Gasteiger partial charge < -0.3 is 4.74 Å². The molecule has 0 fully saturated rings. The molecule has 0 saturated carbocycles. The van der Waals surface area contributed by atoms with Gasteiger partial charge in [0.25, 0.3) is 0 Å². The average molecular weight is 336 g/mol. The van der Waals surface area contributed by atoms with Crippen LogP contribution in [0.4, 0.5) is 0 Å². The molecule has 4 heteroatoms. The number of halogens is 1. The Morgan fingerprint density at radius 2 is 2.36 bits per heavy atom. The van der Waals surface area contributed by atoms with Gasteiger partial charge in [0.15, 0.2) is 0 Å². The molecule has 14 heavy (non-hydrogen) atoms. The van der Waals surface area contributed by atoms with E-state index >= 15 is 0 Å². The Labute approximate surface area is 106 Å². The highest BCUT2D eigenvalue weighted by atomic mass is 127. The number of rotatable bonds is 2. The number of fused-ring (bicyclic) bond motifs is 1. The van der Waals surface area contributed by atoms with E-state index < -0.39 is 0 Å². The lowest BCUT2D eigenvalue weighted by atomic mass is 10.2. The molecular weight excluding hydrogens is 327 g/mol. The number of thiophene rings is 1. The van der Waals surface area contributed by atoms with E-state index in [4.69, 9.17) is 4.74 Å². The molecule has 0 aliphatic carbocycles. The summed E-state index contributed by atoms with van der Waals surface area (Å²) in [6, 6.07) is 4.09. The molecule has 0 atom stereocenters. The fraction of sp³-hybridized carbons (Fsp3) is 0.200. The minimum Gasteiger partial charge on any atom is -0.493 e. The maximum Gasteiger partial charge on any atom is 0.129 e. The smallest absolute Gasteiger partial charge is 0.129 e. The summed E-state index contributed by atoms with van der Waals surface area (Å²) in [5.74, 6) is 0.939. The van der Waals surface area contributed by atoms with Gasteiger partial charge >= 0.3 is 0 Å². The second kappa shape index (κ2) is 4.28. The van der Waals surface area contributed by atoms with Gasteiger partial charge in [-0.15, -0.1) is 24.0 Å². The lowest BCUT2D eigenvalue weighted by Crippen LogP contribution is -1.92. The van der Waals surface area contributed by atoms with Crippen LogP contribution in [0.1, 0.15) is 6.92 Å². The van der Waals surface area contributed by atoms with E-state index in [0.717, 1.165) is 10.6 Å². The Morgan fingerprint density at radius 1 is 1.57 bits per heavy atom. The van der Waals surface area contributed by atoms with E-state index in [1.54, 1.807) is 11.3 Å². The maximum atomic E-state index is 5.57. The molecule has 1 nitrogen and oxygen atoms in total. The molecule has 0 radical (unpaired) electrons. The second-order valence-corrected chi connectivity index (χ2v) is 5.28. The number of ether oxygens (including phenoxy) is 1. The van der Waals surface area contributed by atoms with Crippen molar-refractivity contribution in [3.8, 4) is 5.75 Å². The molecule has 0 saturated heterocycles. The van der Waals surface area contributed by atoms with Crippen molar-refractivity contribution in [2.24, 2.45) is 0 Å². The molecule has 0 spiro atoms. The Bertz CT molecular complexity index is 464. The summed E-state index contributed by atoms with van der Waals surface area (Å²) in [6.45, 7) is 2.69. The van der Waals surface area contributed by atoms with Gasteiger partial charge in [-0.3, -0.25) is 0 Å². The van der Waals surface area contributed by atoms with E-state index in [1.807, 2.05) is 13.0 Å². The molecule has 2 rings (SSSR count). The largest absolute Gasteiger partial charge is 0.493 e. The van der Waals surface area contributed by atoms with Gasteiger partial charge in [0.1, 0.15) is 5.75 Å². The van der Waals surface area contributed by atoms with Crippen LogP contribution in [0.25, 0.3) is 10.1 Å². The van der Waals surface area contributed by atoms with Crippen molar-refractivity contribution in [1.29, 1.82) is 0 Å². The molecule has 1 aromatic carbocycles. The van der Waals surface area contributed by atoms with Gasteiger partial charge in [-0.2, -0.15) is 0 Å². The fourth-order valence-electron chi connectivity index (χ4n) is 1.33. The first-order valence-corrected chi connectivity index (χ1v) is 6.66. The summed E-state index contributed by atoms with van der Waals surface area (Å²) in [5, 5.41) is 3.28. The quantitative estimate of drug-likeness (QED) is 0.639. The highest BCUT2D eigenvalue weighted by molar-refractivity contribution is 14.1. The summed E-state index contributed by atoms with van der Waals surface area (Å²) in [6.07, 6.45) is 0. The van der Waals surface area contributed by atoms with E-state index in [0.29, 0.717) is 6.61 Å². The van der Waals surface area contributed by atoms with Crippen LogP contribution in [0.5, 0.6) is 5.75 Å². The van der Waals surface area contributed by atoms with E-state index in [2.05, 4.69) is 46.7 Å². The first-order chi connectivity index (χ1) is 6.74. The summed E-state index contributed by atoms with van der Waals surface area (Å²) in [5.41, 5.74) is 0. The van der Waals surface area contributed by atoms with Crippen molar-refractivity contribution in [3.63, 3.8) is 0 Å². The van der Waals surface area contributed by atoms with Crippen LogP contribution in [0.2, 0.25) is 0 Å². The summed E-state index contributed by atoms with van der Waals surface area (Å²) < 4.78 is 8.04. The number of hydrogen-bond acceptors (Lipinski definition) is 3. The first-order valence-electron chi connectivity index (χ1n) is 4.25. The third-order valence-corrected chi connectivity index (χ3v) is 5.12. The van der Waals surface area contributed by atoms with Crippen LogP contribution in [0.15, 0.2) is 22.4 Å². The van der Waals surface area contributed by atoms with Crippen molar-refractivity contribution in [3.05, 3.63) is 21.1 Å². The zero-order valence-electron chi connectivity index (χ0n) is 7.58. The second-order valence-electron chi connectivity index (χ2n) is 2.80. The van der Waals surface area contributed by atoms with E-state index in [1.165, 1.54) is 13.7 Å². The van der Waals surface area contributed by atoms with Gasteiger partial charge in [-0.25, -0.2) is 0 Å². The molecule has 0 amide bonds. The fourth-order valence-corrected chi connectivity index (χ4v) is 3.31. The van der Waals surface area contributed by atoms with E-state index in [-0.39, 0.29) is 0 Å². The molecule has 0 bridgehead atoms. The third kappa shape index (κ3) is 1.75. The van der Waals surface area contributed by atoms with Crippen LogP contribution in [0, 0.1) is 3.57 Å². The molecule has 1 aromatic heterocycles. The van der Waals surface area contributed by atoms with Crippen molar-refractivity contribution in [2.45, 2.75) is 11.8 Å². The topological polar surface area (TPSA) is 9.23 Å². The van der Waals surface area contributed by atoms with Crippen molar-refractivity contribution < 1.29 is 4.74 Å². The van der Waals surface area contributed by atoms with Gasteiger partial charge in [0, 0.05) is 13.9 Å². The van der Waals surface area contributed by atoms with Crippen molar-refractivity contribution in [1.82, 2.24) is 0 Å². The minimum absolute atomic E-state index is 0.693. The zero-order valence-corrected chi connectivity index (χ0v) is 11.4. The maximum absolute atomic E-state index is 5.57. The lowest BCUT2D eigenvalue weighted by Gasteiger charge is -2.07. The Kier molecular flexibility index (Phi) is 3.23. The van der Waals surface area contributed by atoms with Crippen LogP contribution >= 0.6 is 46.6 Å². The monoisotopic (exact) mass is 336 g/mol. The molecule has 0 aliphatic heterocycles. The predicted octanol–water partition coefficient (Wildman–Crippen LogP) is 4.19. The Hall–Kier alpha value is 0.0600. The molecule has 0 N–H and O–H groups in total. The zero-order chi connectivity index (χ0) is 10.1. The standard InChI is InChI=1S/C10H9IOS2/c1-2-12-7-5-8(13)9(11)10-6(7)3-4-14-10/h3-5,13H,2H2,1H3. The number of hydrogen-bond donors (Lipinski definition) is 1. The average Bonchev–Trinajstić information content (AvgIpc) is 2.63. The van der Waals surface area contributed by atoms with Gasteiger partial charge in [-0.05, 0) is 47.0 Å². The Morgan fingerprint density at radius 3 is 3.07 bits per heavy atom. The summed E-state index contributed by atoms with van der Waals surface area (Å²) in [7, 11) is 0. The normalized spacial score (nSPS) is 10.8. The SMILES string of the molecule is CCOc1cc(S)c(I)c2sccc12. The molecule has 0 aliphatic rings. The van der Waals surface area contributed by atoms with Gasteiger partial charge in [-0.1, -0.05) is 0 Å².